The van der Waals surface area contributed by atoms with Crippen molar-refractivity contribution in [2.24, 2.45) is 0 Å². The van der Waals surface area contributed by atoms with Crippen LogP contribution in [0.5, 0.6) is 0 Å². The molecule has 1 amide bonds. The minimum absolute atomic E-state index is 0.0696. The molecule has 2 N–H and O–H groups in total. The molecule has 0 radical (unpaired) electrons. The number of fused-ring (bicyclic) bond motifs is 1. The summed E-state index contributed by atoms with van der Waals surface area (Å²) in [5.41, 5.74) is 3.41. The minimum atomic E-state index is -0.314. The number of nitrogens with one attached hydrogen (secondary N) is 2. The van der Waals surface area contributed by atoms with Crippen molar-refractivity contribution >= 4 is 16.8 Å². The Morgan fingerprint density at radius 2 is 1.79 bits per heavy atom. The third kappa shape index (κ3) is 3.49. The van der Waals surface area contributed by atoms with E-state index in [1.807, 2.05) is 36.4 Å². The summed E-state index contributed by atoms with van der Waals surface area (Å²) < 4.78 is 0. The predicted molar refractivity (Wildman–Crippen MR) is 97.9 cm³/mol. The Labute approximate surface area is 142 Å². The van der Waals surface area contributed by atoms with Crippen molar-refractivity contribution in [3.63, 3.8) is 0 Å². The summed E-state index contributed by atoms with van der Waals surface area (Å²) >= 11 is 0. The van der Waals surface area contributed by atoms with Crippen LogP contribution in [-0.2, 0) is 11.2 Å². The highest BCUT2D eigenvalue weighted by molar-refractivity contribution is 5.83. The van der Waals surface area contributed by atoms with Crippen LogP contribution in [0.1, 0.15) is 17.2 Å². The zero-order chi connectivity index (χ0) is 16.9. The van der Waals surface area contributed by atoms with Gasteiger partial charge in [0, 0.05) is 37.7 Å². The van der Waals surface area contributed by atoms with E-state index < -0.39 is 0 Å². The molecule has 4 nitrogen and oxygen atoms in total. The number of hydrogen-bond donors (Lipinski definition) is 2. The van der Waals surface area contributed by atoms with E-state index in [2.05, 4.69) is 34.7 Å². The number of hydrogen-bond acceptors (Lipinski definition) is 2. The molecule has 0 saturated carbocycles. The Balaban J connectivity index is 1.71. The molecule has 1 heterocycles. The second kappa shape index (κ2) is 7.32. The number of H-pyrrole nitrogens is 1. The Morgan fingerprint density at radius 3 is 2.54 bits per heavy atom. The molecule has 1 aromatic heterocycles. The average molecular weight is 321 g/mol. The summed E-state index contributed by atoms with van der Waals surface area (Å²) in [4.78, 5) is 17.4. The van der Waals surface area contributed by atoms with Gasteiger partial charge in [0.25, 0.3) is 0 Å². The van der Waals surface area contributed by atoms with Crippen molar-refractivity contribution in [2.45, 2.75) is 12.5 Å². The Hall–Kier alpha value is -2.59. The van der Waals surface area contributed by atoms with Gasteiger partial charge in [-0.15, -0.1) is 0 Å². The van der Waals surface area contributed by atoms with E-state index in [1.165, 1.54) is 10.9 Å². The van der Waals surface area contributed by atoms with E-state index in [4.69, 9.17) is 0 Å². The molecule has 4 heteroatoms. The van der Waals surface area contributed by atoms with Crippen LogP contribution in [0.2, 0.25) is 0 Å². The van der Waals surface area contributed by atoms with Gasteiger partial charge in [0.1, 0.15) is 6.04 Å². The van der Waals surface area contributed by atoms with E-state index in [0.717, 1.165) is 24.0 Å². The van der Waals surface area contributed by atoms with Crippen LogP contribution in [0, 0.1) is 0 Å². The smallest absolute Gasteiger partial charge is 0.243 e. The third-order valence-corrected chi connectivity index (χ3v) is 4.24. The highest BCUT2D eigenvalue weighted by Crippen LogP contribution is 2.19. The van der Waals surface area contributed by atoms with Crippen molar-refractivity contribution in [1.29, 1.82) is 0 Å². The van der Waals surface area contributed by atoms with Crippen LogP contribution in [0.3, 0.4) is 0 Å². The van der Waals surface area contributed by atoms with Crippen molar-refractivity contribution < 1.29 is 4.79 Å². The highest BCUT2D eigenvalue weighted by Gasteiger charge is 2.21. The monoisotopic (exact) mass is 321 g/mol. The Kier molecular flexibility index (Phi) is 4.96. The number of carbonyl (C=O) groups is 1. The molecular formula is C20H23N3O. The fraction of sp³-hybridized carbons (Fsp3) is 0.250. The van der Waals surface area contributed by atoms with Gasteiger partial charge >= 0.3 is 0 Å². The summed E-state index contributed by atoms with van der Waals surface area (Å²) in [5, 5.41) is 4.66. The van der Waals surface area contributed by atoms with Crippen molar-refractivity contribution in [2.75, 3.05) is 20.6 Å². The molecule has 3 aromatic rings. The first-order valence-electron chi connectivity index (χ1n) is 8.21. The number of nitrogens with zero attached hydrogens (tertiary/aromatic N) is 1. The normalized spacial score (nSPS) is 12.2. The molecule has 1 atom stereocenters. The largest absolute Gasteiger partial charge is 0.361 e. The maximum absolute atomic E-state index is 12.5. The van der Waals surface area contributed by atoms with Crippen LogP contribution in [0.15, 0.2) is 60.8 Å². The van der Waals surface area contributed by atoms with Gasteiger partial charge in [-0.3, -0.25) is 4.79 Å². The lowest BCUT2D eigenvalue weighted by molar-refractivity contribution is -0.131. The van der Waals surface area contributed by atoms with E-state index in [-0.39, 0.29) is 11.9 Å². The lowest BCUT2D eigenvalue weighted by atomic mass is 10.0. The number of para-hydroxylation sites is 1. The third-order valence-electron chi connectivity index (χ3n) is 4.24. The van der Waals surface area contributed by atoms with Gasteiger partial charge in [-0.25, -0.2) is 0 Å². The second-order valence-corrected chi connectivity index (χ2v) is 6.14. The highest BCUT2D eigenvalue weighted by atomic mass is 16.2. The van der Waals surface area contributed by atoms with Crippen LogP contribution < -0.4 is 5.32 Å². The van der Waals surface area contributed by atoms with Crippen LogP contribution in [0.25, 0.3) is 10.9 Å². The van der Waals surface area contributed by atoms with Gasteiger partial charge in [0.15, 0.2) is 0 Å². The van der Waals surface area contributed by atoms with E-state index in [0.29, 0.717) is 0 Å². The standard InChI is InChI=1S/C20H23N3O/c1-23(2)20(24)19(15-8-4-3-5-9-15)21-13-12-16-14-22-18-11-7-6-10-17(16)18/h3-11,14,19,21-22H,12-13H2,1-2H3/t19-/m0/s1. The minimum Gasteiger partial charge on any atom is -0.361 e. The van der Waals surface area contributed by atoms with E-state index in [9.17, 15) is 4.79 Å². The molecule has 2 aromatic carbocycles. The number of likely N-dealkylation sites (N-methyl/N-ethyl adjacent to an activating group) is 1. The van der Waals surface area contributed by atoms with Gasteiger partial charge in [0.2, 0.25) is 5.91 Å². The molecule has 0 aliphatic carbocycles. The summed E-state index contributed by atoms with van der Waals surface area (Å²) in [7, 11) is 3.58. The molecule has 0 bridgehead atoms. The molecule has 124 valence electrons. The van der Waals surface area contributed by atoms with Gasteiger partial charge in [-0.05, 0) is 23.6 Å². The van der Waals surface area contributed by atoms with E-state index in [1.54, 1.807) is 19.0 Å². The second-order valence-electron chi connectivity index (χ2n) is 6.14. The fourth-order valence-corrected chi connectivity index (χ4v) is 2.94. The number of carbonyl (C=O) groups excluding carboxylic acids is 1. The maximum atomic E-state index is 12.5. The molecule has 0 unspecified atom stereocenters. The molecular weight excluding hydrogens is 298 g/mol. The molecule has 0 fully saturated rings. The molecule has 0 saturated heterocycles. The van der Waals surface area contributed by atoms with Crippen LogP contribution in [-0.4, -0.2) is 36.4 Å². The first-order chi connectivity index (χ1) is 11.7. The molecule has 0 spiro atoms. The topological polar surface area (TPSA) is 48.1 Å². The Morgan fingerprint density at radius 1 is 1.08 bits per heavy atom. The first kappa shape index (κ1) is 16.3. The summed E-state index contributed by atoms with van der Waals surface area (Å²) in [6.07, 6.45) is 2.92. The van der Waals surface area contributed by atoms with E-state index >= 15 is 0 Å². The lowest BCUT2D eigenvalue weighted by Gasteiger charge is -2.22. The summed E-state index contributed by atoms with van der Waals surface area (Å²) in [6, 6.07) is 17.8. The SMILES string of the molecule is CN(C)C(=O)[C@@H](NCCc1c[nH]c2ccccc12)c1ccccc1. The van der Waals surface area contributed by atoms with Crippen LogP contribution in [0.4, 0.5) is 0 Å². The average Bonchev–Trinajstić information content (AvgIpc) is 3.02. The summed E-state index contributed by atoms with van der Waals surface area (Å²) in [5.74, 6) is 0.0696. The number of amides is 1. The quantitative estimate of drug-likeness (QED) is 0.733. The van der Waals surface area contributed by atoms with Gasteiger partial charge in [0.05, 0.1) is 0 Å². The summed E-state index contributed by atoms with van der Waals surface area (Å²) in [6.45, 7) is 0.737. The van der Waals surface area contributed by atoms with Crippen molar-refractivity contribution in [3.8, 4) is 0 Å². The predicted octanol–water partition coefficient (Wildman–Crippen LogP) is 3.13. The van der Waals surface area contributed by atoms with Gasteiger partial charge in [-0.1, -0.05) is 48.5 Å². The van der Waals surface area contributed by atoms with Crippen molar-refractivity contribution in [3.05, 3.63) is 71.9 Å². The number of benzene rings is 2. The number of rotatable bonds is 6. The van der Waals surface area contributed by atoms with Crippen LogP contribution >= 0.6 is 0 Å². The molecule has 3 rings (SSSR count). The maximum Gasteiger partial charge on any atom is 0.243 e. The fourth-order valence-electron chi connectivity index (χ4n) is 2.94. The van der Waals surface area contributed by atoms with Crippen molar-refractivity contribution in [1.82, 2.24) is 15.2 Å². The number of aromatic amines is 1. The molecule has 0 aliphatic rings. The molecule has 0 aliphatic heterocycles. The zero-order valence-corrected chi connectivity index (χ0v) is 14.1. The molecule has 24 heavy (non-hydrogen) atoms. The number of aromatic nitrogens is 1. The van der Waals surface area contributed by atoms with Gasteiger partial charge < -0.3 is 15.2 Å². The zero-order valence-electron chi connectivity index (χ0n) is 14.1. The van der Waals surface area contributed by atoms with Gasteiger partial charge in [-0.2, -0.15) is 0 Å². The first-order valence-corrected chi connectivity index (χ1v) is 8.21. The lowest BCUT2D eigenvalue weighted by Crippen LogP contribution is -2.37. The Bertz CT molecular complexity index is 808.